The Bertz CT molecular complexity index is 665. The van der Waals surface area contributed by atoms with Gasteiger partial charge in [-0.25, -0.2) is 0 Å². The predicted octanol–water partition coefficient (Wildman–Crippen LogP) is 3.39. The lowest BCUT2D eigenvalue weighted by Crippen LogP contribution is -2.18. The molecular weight excluding hydrogens is 260 g/mol. The fraction of sp³-hybridized carbons (Fsp3) is 0.278. The first kappa shape index (κ1) is 13.7. The van der Waals surface area contributed by atoms with Crippen LogP contribution in [0.5, 0.6) is 0 Å². The van der Waals surface area contributed by atoms with Crippen LogP contribution in [0.25, 0.3) is 12.2 Å². The van der Waals surface area contributed by atoms with Crippen molar-refractivity contribution in [1.29, 1.82) is 0 Å². The average Bonchev–Trinajstić information content (AvgIpc) is 2.94. The quantitative estimate of drug-likeness (QED) is 0.935. The van der Waals surface area contributed by atoms with Crippen LogP contribution in [0.2, 0.25) is 0 Å². The SMILES string of the molecule is CC1CCN(c2ccc(/C=C/c3ccc(=O)[nH]c3)cc2)C1. The molecule has 3 rings (SSSR count). The molecule has 1 N–H and O–H groups in total. The Morgan fingerprint density at radius 2 is 1.81 bits per heavy atom. The first-order valence-electron chi connectivity index (χ1n) is 7.42. The minimum absolute atomic E-state index is 0.0728. The van der Waals surface area contributed by atoms with E-state index in [0.717, 1.165) is 30.1 Å². The van der Waals surface area contributed by atoms with Gasteiger partial charge in [0.15, 0.2) is 0 Å². The van der Waals surface area contributed by atoms with Crippen molar-refractivity contribution in [3.05, 3.63) is 64.1 Å². The average molecular weight is 280 g/mol. The van der Waals surface area contributed by atoms with Gasteiger partial charge in [0, 0.05) is 31.0 Å². The molecule has 1 atom stereocenters. The third kappa shape index (κ3) is 3.43. The topological polar surface area (TPSA) is 36.1 Å². The van der Waals surface area contributed by atoms with E-state index in [1.807, 2.05) is 12.1 Å². The van der Waals surface area contributed by atoms with E-state index in [4.69, 9.17) is 0 Å². The van der Waals surface area contributed by atoms with E-state index in [2.05, 4.69) is 47.1 Å². The summed E-state index contributed by atoms with van der Waals surface area (Å²) in [6, 6.07) is 12.0. The molecule has 1 unspecified atom stereocenters. The predicted molar refractivity (Wildman–Crippen MR) is 88.4 cm³/mol. The Morgan fingerprint density at radius 3 is 2.43 bits per heavy atom. The van der Waals surface area contributed by atoms with Crippen LogP contribution < -0.4 is 10.5 Å². The molecule has 1 aromatic carbocycles. The third-order valence-corrected chi connectivity index (χ3v) is 3.96. The molecule has 108 valence electrons. The maximum atomic E-state index is 11.0. The largest absolute Gasteiger partial charge is 0.371 e. The lowest BCUT2D eigenvalue weighted by Gasteiger charge is -2.18. The van der Waals surface area contributed by atoms with Crippen LogP contribution >= 0.6 is 0 Å². The van der Waals surface area contributed by atoms with Gasteiger partial charge in [0.05, 0.1) is 0 Å². The lowest BCUT2D eigenvalue weighted by molar-refractivity contribution is 0.659. The van der Waals surface area contributed by atoms with Crippen molar-refractivity contribution in [3.63, 3.8) is 0 Å². The summed E-state index contributed by atoms with van der Waals surface area (Å²) in [6.07, 6.45) is 7.07. The first-order chi connectivity index (χ1) is 10.2. The lowest BCUT2D eigenvalue weighted by atomic mass is 10.1. The van der Waals surface area contributed by atoms with Gasteiger partial charge in [-0.2, -0.15) is 0 Å². The van der Waals surface area contributed by atoms with Gasteiger partial charge >= 0.3 is 0 Å². The van der Waals surface area contributed by atoms with Crippen molar-refractivity contribution >= 4 is 17.8 Å². The molecule has 0 saturated carbocycles. The number of anilines is 1. The van der Waals surface area contributed by atoms with Crippen molar-refractivity contribution in [2.45, 2.75) is 13.3 Å². The van der Waals surface area contributed by atoms with Gasteiger partial charge in [0.25, 0.3) is 0 Å². The van der Waals surface area contributed by atoms with E-state index >= 15 is 0 Å². The zero-order valence-electron chi connectivity index (χ0n) is 12.3. The number of aromatic nitrogens is 1. The number of rotatable bonds is 3. The first-order valence-corrected chi connectivity index (χ1v) is 7.42. The molecule has 1 saturated heterocycles. The number of benzene rings is 1. The molecule has 1 aromatic heterocycles. The number of nitrogens with zero attached hydrogens (tertiary/aromatic N) is 1. The Labute approximate surface area is 124 Å². The maximum absolute atomic E-state index is 11.0. The van der Waals surface area contributed by atoms with Gasteiger partial charge in [0.1, 0.15) is 0 Å². The summed E-state index contributed by atoms with van der Waals surface area (Å²) in [5, 5.41) is 0. The van der Waals surface area contributed by atoms with Gasteiger partial charge in [-0.1, -0.05) is 31.2 Å². The highest BCUT2D eigenvalue weighted by molar-refractivity contribution is 5.70. The van der Waals surface area contributed by atoms with Crippen molar-refractivity contribution in [3.8, 4) is 0 Å². The van der Waals surface area contributed by atoms with Gasteiger partial charge in [-0.05, 0) is 41.7 Å². The second kappa shape index (κ2) is 6.00. The number of H-pyrrole nitrogens is 1. The molecule has 2 heterocycles. The monoisotopic (exact) mass is 280 g/mol. The fourth-order valence-electron chi connectivity index (χ4n) is 2.68. The fourth-order valence-corrected chi connectivity index (χ4v) is 2.68. The highest BCUT2D eigenvalue weighted by Crippen LogP contribution is 2.24. The number of pyridine rings is 1. The van der Waals surface area contributed by atoms with E-state index in [9.17, 15) is 4.79 Å². The van der Waals surface area contributed by atoms with Crippen LogP contribution in [0.3, 0.4) is 0 Å². The van der Waals surface area contributed by atoms with Crippen LogP contribution in [-0.2, 0) is 0 Å². The van der Waals surface area contributed by atoms with E-state index in [-0.39, 0.29) is 5.56 Å². The number of hydrogen-bond donors (Lipinski definition) is 1. The van der Waals surface area contributed by atoms with Crippen LogP contribution in [0.4, 0.5) is 5.69 Å². The number of nitrogens with one attached hydrogen (secondary N) is 1. The molecule has 3 nitrogen and oxygen atoms in total. The van der Waals surface area contributed by atoms with Crippen molar-refractivity contribution in [2.24, 2.45) is 5.92 Å². The molecule has 0 aliphatic carbocycles. The standard InChI is InChI=1S/C18H20N2O/c1-14-10-11-20(13-14)17-7-4-15(5-8-17)2-3-16-6-9-18(21)19-12-16/h2-9,12,14H,10-11,13H2,1H3,(H,19,21)/b3-2+. The second-order valence-electron chi connectivity index (χ2n) is 5.75. The van der Waals surface area contributed by atoms with Gasteiger partial charge < -0.3 is 9.88 Å². The molecule has 1 aliphatic heterocycles. The molecular formula is C18H20N2O. The van der Waals surface area contributed by atoms with Crippen molar-refractivity contribution in [2.75, 3.05) is 18.0 Å². The summed E-state index contributed by atoms with van der Waals surface area (Å²) >= 11 is 0. The Balaban J connectivity index is 1.69. The molecule has 1 aliphatic rings. The van der Waals surface area contributed by atoms with Crippen molar-refractivity contribution < 1.29 is 0 Å². The third-order valence-electron chi connectivity index (χ3n) is 3.96. The molecule has 0 radical (unpaired) electrons. The molecule has 1 fully saturated rings. The van der Waals surface area contributed by atoms with Crippen LogP contribution in [0, 0.1) is 5.92 Å². The number of aromatic amines is 1. The molecule has 0 amide bonds. The van der Waals surface area contributed by atoms with Crippen LogP contribution in [0.1, 0.15) is 24.5 Å². The van der Waals surface area contributed by atoms with E-state index in [1.165, 1.54) is 18.2 Å². The maximum Gasteiger partial charge on any atom is 0.247 e. The summed E-state index contributed by atoms with van der Waals surface area (Å²) in [7, 11) is 0. The summed E-state index contributed by atoms with van der Waals surface area (Å²) in [6.45, 7) is 4.63. The smallest absolute Gasteiger partial charge is 0.247 e. The van der Waals surface area contributed by atoms with Gasteiger partial charge in [0.2, 0.25) is 5.56 Å². The van der Waals surface area contributed by atoms with E-state index in [1.54, 1.807) is 6.20 Å². The highest BCUT2D eigenvalue weighted by Gasteiger charge is 2.18. The molecule has 0 bridgehead atoms. The minimum atomic E-state index is -0.0728. The summed E-state index contributed by atoms with van der Waals surface area (Å²) in [5.41, 5.74) is 3.39. The normalized spacial score (nSPS) is 18.5. The molecule has 0 spiro atoms. The zero-order valence-corrected chi connectivity index (χ0v) is 12.3. The highest BCUT2D eigenvalue weighted by atomic mass is 16.1. The Morgan fingerprint density at radius 1 is 1.10 bits per heavy atom. The van der Waals surface area contributed by atoms with Crippen LogP contribution in [0.15, 0.2) is 47.4 Å². The van der Waals surface area contributed by atoms with E-state index in [0.29, 0.717) is 0 Å². The van der Waals surface area contributed by atoms with Crippen molar-refractivity contribution in [1.82, 2.24) is 4.98 Å². The molecule has 3 heteroatoms. The second-order valence-corrected chi connectivity index (χ2v) is 5.75. The van der Waals surface area contributed by atoms with Crippen LogP contribution in [-0.4, -0.2) is 18.1 Å². The minimum Gasteiger partial charge on any atom is -0.371 e. The number of hydrogen-bond acceptors (Lipinski definition) is 2. The molecule has 21 heavy (non-hydrogen) atoms. The molecule has 2 aromatic rings. The summed E-state index contributed by atoms with van der Waals surface area (Å²) in [4.78, 5) is 16.1. The summed E-state index contributed by atoms with van der Waals surface area (Å²) in [5.74, 6) is 0.796. The Kier molecular flexibility index (Phi) is 3.91. The van der Waals surface area contributed by atoms with Gasteiger partial charge in [-0.3, -0.25) is 4.79 Å². The Hall–Kier alpha value is -2.29. The zero-order chi connectivity index (χ0) is 14.7. The van der Waals surface area contributed by atoms with E-state index < -0.39 is 0 Å². The van der Waals surface area contributed by atoms with Gasteiger partial charge in [-0.15, -0.1) is 0 Å². The summed E-state index contributed by atoms with van der Waals surface area (Å²) < 4.78 is 0.